The van der Waals surface area contributed by atoms with Crippen LogP contribution in [0, 0.1) is 5.92 Å². The van der Waals surface area contributed by atoms with E-state index in [2.05, 4.69) is 36.0 Å². The largest absolute Gasteiger partial charge is 0.490 e. The zero-order valence-corrected chi connectivity index (χ0v) is 18.0. The third kappa shape index (κ3) is 7.24. The highest BCUT2D eigenvalue weighted by Crippen LogP contribution is 2.29. The van der Waals surface area contributed by atoms with Crippen LogP contribution in [-0.4, -0.2) is 67.4 Å². The van der Waals surface area contributed by atoms with Crippen LogP contribution in [-0.2, 0) is 11.3 Å². The smallest absolute Gasteiger partial charge is 0.475 e. The van der Waals surface area contributed by atoms with E-state index in [-0.39, 0.29) is 5.91 Å². The fraction of sp³-hybridized carbons (Fsp3) is 0.571. The molecule has 180 valence electrons. The summed E-state index contributed by atoms with van der Waals surface area (Å²) in [7, 11) is 0. The Morgan fingerprint density at radius 3 is 2.55 bits per heavy atom. The van der Waals surface area contributed by atoms with Gasteiger partial charge in [-0.1, -0.05) is 12.8 Å². The highest BCUT2D eigenvalue weighted by molar-refractivity contribution is 5.91. The van der Waals surface area contributed by atoms with Crippen LogP contribution in [0.3, 0.4) is 0 Å². The normalized spacial score (nSPS) is 18.8. The molecule has 0 saturated heterocycles. The third-order valence-electron chi connectivity index (χ3n) is 5.75. The molecule has 2 aromatic heterocycles. The Labute approximate surface area is 189 Å². The molecule has 2 aliphatic rings. The summed E-state index contributed by atoms with van der Waals surface area (Å²) in [6.45, 7) is 3.79. The second-order valence-corrected chi connectivity index (χ2v) is 8.20. The van der Waals surface area contributed by atoms with Crippen molar-refractivity contribution < 1.29 is 27.9 Å². The number of carboxylic acids is 1. The van der Waals surface area contributed by atoms with Gasteiger partial charge < -0.3 is 10.4 Å². The van der Waals surface area contributed by atoms with E-state index in [0.29, 0.717) is 18.3 Å². The van der Waals surface area contributed by atoms with E-state index >= 15 is 0 Å². The number of aromatic nitrogens is 4. The van der Waals surface area contributed by atoms with Gasteiger partial charge in [0.2, 0.25) is 0 Å². The molecule has 4 rings (SSSR count). The maximum Gasteiger partial charge on any atom is 0.490 e. The maximum atomic E-state index is 12.1. The van der Waals surface area contributed by atoms with Crippen molar-refractivity contribution in [2.75, 3.05) is 19.6 Å². The molecule has 1 saturated carbocycles. The first kappa shape index (κ1) is 24.6. The molecule has 3 heterocycles. The summed E-state index contributed by atoms with van der Waals surface area (Å²) in [4.78, 5) is 31.6. The van der Waals surface area contributed by atoms with Crippen LogP contribution in [0.1, 0.15) is 54.3 Å². The standard InChI is InChI=1S/C19H26N6O.C2HF3O2/c26-19(18-11-20-9-10-21-18)22-7-5-16-13-24(12-15-3-1-2-4-15)14-17-6-8-23-25(16)17;3-2(4,5)1(6)7/h6,8-11,15-16H,1-5,7,12-14H2,(H,22,26);(H,6,7). The molecule has 12 heteroatoms. The SMILES string of the molecule is O=C(NCCC1CN(CC2CCCC2)Cc2ccnn21)c1cnccn1.O=C(O)C(F)(F)F. The number of amides is 1. The Hall–Kier alpha value is -3.02. The van der Waals surface area contributed by atoms with Crippen LogP contribution in [0.15, 0.2) is 30.9 Å². The minimum Gasteiger partial charge on any atom is -0.475 e. The van der Waals surface area contributed by atoms with E-state index in [1.165, 1.54) is 50.3 Å². The van der Waals surface area contributed by atoms with Crippen molar-refractivity contribution in [1.82, 2.24) is 30.0 Å². The summed E-state index contributed by atoms with van der Waals surface area (Å²) in [6, 6.07) is 2.42. The van der Waals surface area contributed by atoms with Crippen LogP contribution in [0.2, 0.25) is 0 Å². The van der Waals surface area contributed by atoms with E-state index in [1.807, 2.05) is 6.20 Å². The Kier molecular flexibility index (Phi) is 8.37. The first-order chi connectivity index (χ1) is 15.7. The molecule has 1 fully saturated rings. The number of carbonyl (C=O) groups is 2. The van der Waals surface area contributed by atoms with E-state index in [0.717, 1.165) is 25.4 Å². The summed E-state index contributed by atoms with van der Waals surface area (Å²) >= 11 is 0. The van der Waals surface area contributed by atoms with Crippen LogP contribution < -0.4 is 5.32 Å². The average molecular weight is 468 g/mol. The highest BCUT2D eigenvalue weighted by Gasteiger charge is 2.38. The lowest BCUT2D eigenvalue weighted by Crippen LogP contribution is -2.41. The van der Waals surface area contributed by atoms with Crippen molar-refractivity contribution in [3.8, 4) is 0 Å². The second-order valence-electron chi connectivity index (χ2n) is 8.20. The minimum atomic E-state index is -5.08. The van der Waals surface area contributed by atoms with Gasteiger partial charge in [0.15, 0.2) is 0 Å². The molecule has 1 aliphatic heterocycles. The lowest BCUT2D eigenvalue weighted by Gasteiger charge is -2.35. The fourth-order valence-corrected chi connectivity index (χ4v) is 4.23. The van der Waals surface area contributed by atoms with Gasteiger partial charge >= 0.3 is 12.1 Å². The number of aliphatic carboxylic acids is 1. The highest BCUT2D eigenvalue weighted by atomic mass is 19.4. The number of halogens is 3. The molecule has 1 atom stereocenters. The second kappa shape index (κ2) is 11.2. The molecule has 33 heavy (non-hydrogen) atoms. The summed E-state index contributed by atoms with van der Waals surface area (Å²) in [5, 5.41) is 14.6. The zero-order chi connectivity index (χ0) is 23.8. The lowest BCUT2D eigenvalue weighted by molar-refractivity contribution is -0.192. The predicted octanol–water partition coefficient (Wildman–Crippen LogP) is 2.67. The zero-order valence-electron chi connectivity index (χ0n) is 18.0. The van der Waals surface area contributed by atoms with Crippen molar-refractivity contribution in [1.29, 1.82) is 0 Å². The molecule has 2 N–H and O–H groups in total. The van der Waals surface area contributed by atoms with E-state index in [9.17, 15) is 18.0 Å². The number of nitrogens with one attached hydrogen (secondary N) is 1. The molecule has 0 aromatic carbocycles. The summed E-state index contributed by atoms with van der Waals surface area (Å²) in [6.07, 6.45) is 7.77. The molecule has 9 nitrogen and oxygen atoms in total. The third-order valence-corrected chi connectivity index (χ3v) is 5.75. The van der Waals surface area contributed by atoms with Crippen molar-refractivity contribution in [3.63, 3.8) is 0 Å². The molecular formula is C21H27F3N6O3. The average Bonchev–Trinajstić information content (AvgIpc) is 3.46. The lowest BCUT2D eigenvalue weighted by atomic mass is 10.0. The van der Waals surface area contributed by atoms with E-state index in [4.69, 9.17) is 9.90 Å². The quantitative estimate of drug-likeness (QED) is 0.670. The van der Waals surface area contributed by atoms with Crippen molar-refractivity contribution in [3.05, 3.63) is 42.2 Å². The van der Waals surface area contributed by atoms with Gasteiger partial charge in [0, 0.05) is 44.8 Å². The molecule has 1 amide bonds. The number of carbonyl (C=O) groups excluding carboxylic acids is 1. The van der Waals surface area contributed by atoms with Crippen LogP contribution >= 0.6 is 0 Å². The number of rotatable bonds is 6. The van der Waals surface area contributed by atoms with E-state index in [1.54, 1.807) is 6.20 Å². The minimum absolute atomic E-state index is 0.169. The van der Waals surface area contributed by atoms with Gasteiger partial charge in [-0.2, -0.15) is 18.3 Å². The number of alkyl halides is 3. The molecule has 1 aliphatic carbocycles. The van der Waals surface area contributed by atoms with E-state index < -0.39 is 12.1 Å². The van der Waals surface area contributed by atoms with Gasteiger partial charge in [0.1, 0.15) is 5.69 Å². The van der Waals surface area contributed by atoms with Gasteiger partial charge in [0.25, 0.3) is 5.91 Å². The molecule has 0 radical (unpaired) electrons. The topological polar surface area (TPSA) is 113 Å². The summed E-state index contributed by atoms with van der Waals surface area (Å²) < 4.78 is 33.9. The Morgan fingerprint density at radius 1 is 1.18 bits per heavy atom. The fourth-order valence-electron chi connectivity index (χ4n) is 4.23. The van der Waals surface area contributed by atoms with Gasteiger partial charge in [-0.25, -0.2) is 9.78 Å². The maximum absolute atomic E-state index is 12.1. The van der Waals surface area contributed by atoms with Gasteiger partial charge in [0.05, 0.1) is 17.9 Å². The van der Waals surface area contributed by atoms with Gasteiger partial charge in [-0.05, 0) is 31.2 Å². The Bertz CT molecular complexity index is 915. The number of nitrogens with zero attached hydrogens (tertiary/aromatic N) is 5. The summed E-state index contributed by atoms with van der Waals surface area (Å²) in [5.74, 6) is -2.08. The summed E-state index contributed by atoms with van der Waals surface area (Å²) in [5.41, 5.74) is 1.64. The first-order valence-corrected chi connectivity index (χ1v) is 10.8. The molecule has 0 bridgehead atoms. The Balaban J connectivity index is 0.000000383. The molecule has 1 unspecified atom stereocenters. The number of fused-ring (bicyclic) bond motifs is 1. The number of carboxylic acid groups (broad SMARTS) is 1. The van der Waals surface area contributed by atoms with Crippen LogP contribution in [0.5, 0.6) is 0 Å². The Morgan fingerprint density at radius 2 is 1.91 bits per heavy atom. The van der Waals surface area contributed by atoms with Crippen molar-refractivity contribution in [2.24, 2.45) is 5.92 Å². The van der Waals surface area contributed by atoms with Crippen molar-refractivity contribution >= 4 is 11.9 Å². The number of hydrogen-bond donors (Lipinski definition) is 2. The molecular weight excluding hydrogens is 441 g/mol. The number of hydrogen-bond acceptors (Lipinski definition) is 6. The first-order valence-electron chi connectivity index (χ1n) is 10.8. The predicted molar refractivity (Wildman–Crippen MR) is 111 cm³/mol. The van der Waals surface area contributed by atoms with Crippen LogP contribution in [0.25, 0.3) is 0 Å². The monoisotopic (exact) mass is 468 g/mol. The van der Waals surface area contributed by atoms with Gasteiger partial charge in [-0.3, -0.25) is 19.4 Å². The van der Waals surface area contributed by atoms with Crippen LogP contribution in [0.4, 0.5) is 13.2 Å². The van der Waals surface area contributed by atoms with Crippen molar-refractivity contribution in [2.45, 2.75) is 50.9 Å². The molecule has 2 aromatic rings. The van der Waals surface area contributed by atoms with Gasteiger partial charge in [-0.15, -0.1) is 0 Å². The molecule has 0 spiro atoms.